The average molecular weight is 474 g/mol. The SMILES string of the molecule is O=C(C[n+]1ccn(CCCn2c3ccccc3c3ccccc32)c1)c1ccccc1.[Br-]. The molecule has 0 unspecified atom stereocenters. The number of ketones is 1. The maximum absolute atomic E-state index is 12.4. The zero-order valence-electron chi connectivity index (χ0n) is 17.2. The molecule has 2 heterocycles. The number of hydrogen-bond acceptors (Lipinski definition) is 1. The molecule has 0 saturated heterocycles. The molecule has 3 aromatic carbocycles. The van der Waals surface area contributed by atoms with E-state index >= 15 is 0 Å². The van der Waals surface area contributed by atoms with Gasteiger partial charge in [-0.3, -0.25) is 4.79 Å². The van der Waals surface area contributed by atoms with E-state index in [4.69, 9.17) is 0 Å². The Balaban J connectivity index is 0.00000231. The van der Waals surface area contributed by atoms with Gasteiger partial charge in [-0.1, -0.05) is 66.7 Å². The molecular weight excluding hydrogens is 450 g/mol. The van der Waals surface area contributed by atoms with Gasteiger partial charge in [-0.2, -0.15) is 0 Å². The normalized spacial score (nSPS) is 11.0. The third-order valence-electron chi connectivity index (χ3n) is 5.65. The molecule has 156 valence electrons. The number of para-hydroxylation sites is 2. The van der Waals surface area contributed by atoms with Crippen LogP contribution in [0.15, 0.2) is 97.6 Å². The third-order valence-corrected chi connectivity index (χ3v) is 5.65. The number of halogens is 1. The van der Waals surface area contributed by atoms with Crippen LogP contribution in [-0.2, 0) is 19.6 Å². The third kappa shape index (κ3) is 4.32. The lowest BCUT2D eigenvalue weighted by molar-refractivity contribution is -0.682. The first-order valence-corrected chi connectivity index (χ1v) is 10.4. The number of hydrogen-bond donors (Lipinski definition) is 0. The van der Waals surface area contributed by atoms with E-state index in [2.05, 4.69) is 57.7 Å². The van der Waals surface area contributed by atoms with Crippen LogP contribution >= 0.6 is 0 Å². The molecule has 0 amide bonds. The fourth-order valence-electron chi connectivity index (χ4n) is 4.20. The lowest BCUT2D eigenvalue weighted by Crippen LogP contribution is -3.00. The van der Waals surface area contributed by atoms with Crippen molar-refractivity contribution in [3.8, 4) is 0 Å². The van der Waals surface area contributed by atoms with Gasteiger partial charge in [0.15, 0.2) is 6.54 Å². The Hall–Kier alpha value is -3.18. The number of aromatic nitrogens is 3. The van der Waals surface area contributed by atoms with E-state index in [1.807, 2.05) is 53.6 Å². The molecule has 0 radical (unpaired) electrons. The molecule has 0 spiro atoms. The van der Waals surface area contributed by atoms with Crippen molar-refractivity contribution in [2.24, 2.45) is 0 Å². The van der Waals surface area contributed by atoms with Gasteiger partial charge in [0.1, 0.15) is 12.4 Å². The molecule has 0 fully saturated rings. The standard InChI is InChI=1S/C26H24N3O.BrH/c30-26(21-9-2-1-3-10-21)19-28-18-17-27(20-28)15-8-16-29-24-13-6-4-11-22(24)23-12-5-7-14-25(23)29;/h1-7,9-14,17-18,20H,8,15-16,19H2;1H/q+1;/p-1. The summed E-state index contributed by atoms with van der Waals surface area (Å²) in [5.41, 5.74) is 3.33. The second kappa shape index (κ2) is 9.31. The first-order chi connectivity index (χ1) is 14.8. The Labute approximate surface area is 192 Å². The summed E-state index contributed by atoms with van der Waals surface area (Å²) in [7, 11) is 0. The Morgan fingerprint density at radius 2 is 1.39 bits per heavy atom. The predicted octanol–water partition coefficient (Wildman–Crippen LogP) is 1.86. The van der Waals surface area contributed by atoms with Crippen LogP contribution in [0, 0.1) is 0 Å². The first kappa shape index (κ1) is 21.1. The maximum Gasteiger partial charge on any atom is 0.244 e. The van der Waals surface area contributed by atoms with Crippen LogP contribution < -0.4 is 21.5 Å². The van der Waals surface area contributed by atoms with Gasteiger partial charge in [-0.15, -0.1) is 0 Å². The van der Waals surface area contributed by atoms with Gasteiger partial charge in [0.25, 0.3) is 0 Å². The van der Waals surface area contributed by atoms with E-state index in [9.17, 15) is 4.79 Å². The Morgan fingerprint density at radius 3 is 2.06 bits per heavy atom. The second-order valence-corrected chi connectivity index (χ2v) is 7.65. The Kier molecular flexibility index (Phi) is 6.33. The van der Waals surface area contributed by atoms with E-state index in [0.717, 1.165) is 25.1 Å². The van der Waals surface area contributed by atoms with Crippen molar-refractivity contribution < 1.29 is 26.3 Å². The Bertz CT molecular complexity index is 1270. The number of benzene rings is 3. The van der Waals surface area contributed by atoms with Crippen molar-refractivity contribution in [3.63, 3.8) is 0 Å². The molecule has 0 saturated carbocycles. The lowest BCUT2D eigenvalue weighted by Gasteiger charge is -2.06. The summed E-state index contributed by atoms with van der Waals surface area (Å²) in [6, 6.07) is 26.7. The number of fused-ring (bicyclic) bond motifs is 3. The van der Waals surface area contributed by atoms with E-state index in [1.165, 1.54) is 21.8 Å². The van der Waals surface area contributed by atoms with Gasteiger partial charge >= 0.3 is 0 Å². The van der Waals surface area contributed by atoms with E-state index in [0.29, 0.717) is 6.54 Å². The summed E-state index contributed by atoms with van der Waals surface area (Å²) in [4.78, 5) is 12.4. The maximum atomic E-state index is 12.4. The second-order valence-electron chi connectivity index (χ2n) is 7.65. The molecule has 2 aromatic heterocycles. The fraction of sp³-hybridized carbons (Fsp3) is 0.154. The summed E-state index contributed by atoms with van der Waals surface area (Å²) in [5, 5.41) is 2.62. The highest BCUT2D eigenvalue weighted by molar-refractivity contribution is 6.07. The summed E-state index contributed by atoms with van der Waals surface area (Å²) in [6.45, 7) is 2.23. The minimum Gasteiger partial charge on any atom is -1.00 e. The van der Waals surface area contributed by atoms with E-state index in [1.54, 1.807) is 0 Å². The molecular formula is C26H24BrN3O. The molecule has 0 atom stereocenters. The summed E-state index contributed by atoms with van der Waals surface area (Å²) < 4.78 is 6.53. The predicted molar refractivity (Wildman–Crippen MR) is 119 cm³/mol. The monoisotopic (exact) mass is 473 g/mol. The van der Waals surface area contributed by atoms with Crippen molar-refractivity contribution in [1.29, 1.82) is 0 Å². The number of aryl methyl sites for hydroxylation is 2. The number of carbonyl (C=O) groups is 1. The average Bonchev–Trinajstić information content (AvgIpc) is 3.37. The lowest BCUT2D eigenvalue weighted by atomic mass is 10.1. The minimum atomic E-state index is 0. The zero-order chi connectivity index (χ0) is 20.3. The van der Waals surface area contributed by atoms with Crippen LogP contribution in [0.5, 0.6) is 0 Å². The van der Waals surface area contributed by atoms with Crippen molar-refractivity contribution in [2.45, 2.75) is 26.1 Å². The molecule has 0 aliphatic rings. The van der Waals surface area contributed by atoms with Crippen LogP contribution in [0.4, 0.5) is 0 Å². The van der Waals surface area contributed by atoms with Crippen molar-refractivity contribution in [1.82, 2.24) is 9.13 Å². The molecule has 5 rings (SSSR count). The van der Waals surface area contributed by atoms with Gasteiger partial charge in [0.2, 0.25) is 12.1 Å². The smallest absolute Gasteiger partial charge is 0.244 e. The molecule has 0 aliphatic heterocycles. The molecule has 5 heteroatoms. The van der Waals surface area contributed by atoms with Crippen LogP contribution in [0.3, 0.4) is 0 Å². The van der Waals surface area contributed by atoms with Crippen LogP contribution in [0.2, 0.25) is 0 Å². The summed E-state index contributed by atoms with van der Waals surface area (Å²) in [6.07, 6.45) is 7.06. The van der Waals surface area contributed by atoms with Gasteiger partial charge < -0.3 is 21.5 Å². The first-order valence-electron chi connectivity index (χ1n) is 10.4. The van der Waals surface area contributed by atoms with Gasteiger partial charge in [0.05, 0.1) is 6.54 Å². The number of Topliss-reactive ketones (excluding diaryl/α,β-unsaturated/α-hetero) is 1. The highest BCUT2D eigenvalue weighted by Crippen LogP contribution is 2.28. The van der Waals surface area contributed by atoms with Crippen LogP contribution in [0.25, 0.3) is 21.8 Å². The van der Waals surface area contributed by atoms with Gasteiger partial charge in [0, 0.05) is 40.3 Å². The molecule has 31 heavy (non-hydrogen) atoms. The number of nitrogens with zero attached hydrogens (tertiary/aromatic N) is 3. The molecule has 0 aliphatic carbocycles. The van der Waals surface area contributed by atoms with Gasteiger partial charge in [-0.05, 0) is 12.1 Å². The zero-order valence-corrected chi connectivity index (χ0v) is 18.8. The van der Waals surface area contributed by atoms with Crippen molar-refractivity contribution in [3.05, 3.63) is 103 Å². The van der Waals surface area contributed by atoms with Crippen LogP contribution in [-0.4, -0.2) is 14.9 Å². The molecule has 0 bridgehead atoms. The largest absolute Gasteiger partial charge is 1.00 e. The van der Waals surface area contributed by atoms with Gasteiger partial charge in [-0.25, -0.2) is 9.13 Å². The molecule has 0 N–H and O–H groups in total. The highest BCUT2D eigenvalue weighted by Gasteiger charge is 2.12. The number of imidazole rings is 1. The van der Waals surface area contributed by atoms with Crippen LogP contribution in [0.1, 0.15) is 16.8 Å². The topological polar surface area (TPSA) is 30.8 Å². The minimum absolute atomic E-state index is 0. The fourth-order valence-corrected chi connectivity index (χ4v) is 4.20. The highest BCUT2D eigenvalue weighted by atomic mass is 79.9. The quantitative estimate of drug-likeness (QED) is 0.262. The van der Waals surface area contributed by atoms with Crippen molar-refractivity contribution >= 4 is 27.6 Å². The van der Waals surface area contributed by atoms with E-state index < -0.39 is 0 Å². The number of rotatable bonds is 7. The number of carbonyl (C=O) groups excluding carboxylic acids is 1. The van der Waals surface area contributed by atoms with Crippen molar-refractivity contribution in [2.75, 3.05) is 0 Å². The summed E-state index contributed by atoms with van der Waals surface area (Å²) in [5.74, 6) is 0.128. The summed E-state index contributed by atoms with van der Waals surface area (Å²) >= 11 is 0. The Morgan fingerprint density at radius 1 is 0.774 bits per heavy atom. The molecule has 4 nitrogen and oxygen atoms in total. The van der Waals surface area contributed by atoms with E-state index in [-0.39, 0.29) is 22.8 Å². The molecule has 5 aromatic rings.